The van der Waals surface area contributed by atoms with Gasteiger partial charge in [-0.2, -0.15) is 0 Å². The molecule has 2 aromatic rings. The van der Waals surface area contributed by atoms with E-state index in [1.54, 1.807) is 6.20 Å². The number of anilines is 4. The maximum Gasteiger partial charge on any atom is 0.271 e. The van der Waals surface area contributed by atoms with Gasteiger partial charge in [0.15, 0.2) is 11.5 Å². The zero-order valence-electron chi connectivity index (χ0n) is 15.0. The lowest BCUT2D eigenvalue weighted by molar-refractivity contribution is -0.118. The molecule has 10 nitrogen and oxygen atoms in total. The Hall–Kier alpha value is -3.43. The summed E-state index contributed by atoms with van der Waals surface area (Å²) < 4.78 is 0. The topological polar surface area (TPSA) is 152 Å². The van der Waals surface area contributed by atoms with E-state index in [4.69, 9.17) is 11.5 Å². The van der Waals surface area contributed by atoms with E-state index < -0.39 is 17.9 Å². The summed E-state index contributed by atoms with van der Waals surface area (Å²) in [5, 5.41) is 5.90. The summed E-state index contributed by atoms with van der Waals surface area (Å²) in [7, 11) is 0. The van der Waals surface area contributed by atoms with Gasteiger partial charge in [0, 0.05) is 13.1 Å². The largest absolute Gasteiger partial charge is 0.368 e. The summed E-state index contributed by atoms with van der Waals surface area (Å²) in [6, 6.07) is 3.14. The van der Waals surface area contributed by atoms with E-state index >= 15 is 0 Å². The highest BCUT2D eigenvalue weighted by Gasteiger charge is 2.18. The second-order valence-electron chi connectivity index (χ2n) is 6.19. The van der Waals surface area contributed by atoms with Crippen molar-refractivity contribution in [2.24, 2.45) is 11.5 Å². The van der Waals surface area contributed by atoms with Crippen molar-refractivity contribution in [3.63, 3.8) is 0 Å². The van der Waals surface area contributed by atoms with Gasteiger partial charge in [-0.3, -0.25) is 9.59 Å². The Bertz CT molecular complexity index is 835. The van der Waals surface area contributed by atoms with Gasteiger partial charge in [0.25, 0.3) is 5.91 Å². The Kier molecular flexibility index (Phi) is 5.34. The highest BCUT2D eigenvalue weighted by Crippen LogP contribution is 2.23. The predicted molar refractivity (Wildman–Crippen MR) is 102 cm³/mol. The van der Waals surface area contributed by atoms with Crippen LogP contribution in [-0.4, -0.2) is 45.9 Å². The smallest absolute Gasteiger partial charge is 0.271 e. The molecule has 0 radical (unpaired) electrons. The Balaban J connectivity index is 1.82. The molecule has 1 fully saturated rings. The molecule has 0 aliphatic carbocycles. The molecule has 3 rings (SSSR count). The lowest BCUT2D eigenvalue weighted by atomic mass is 10.2. The fourth-order valence-electron chi connectivity index (χ4n) is 2.61. The number of hydrogen-bond donors (Lipinski definition) is 4. The molecular formula is C17H22N8O2. The van der Waals surface area contributed by atoms with E-state index in [-0.39, 0.29) is 11.5 Å². The van der Waals surface area contributed by atoms with Crippen LogP contribution >= 0.6 is 0 Å². The second-order valence-corrected chi connectivity index (χ2v) is 6.19. The maximum absolute atomic E-state index is 11.7. The van der Waals surface area contributed by atoms with Crippen molar-refractivity contribution < 1.29 is 9.59 Å². The predicted octanol–water partition coefficient (Wildman–Crippen LogP) is 0.600. The number of rotatable bonds is 8. The summed E-state index contributed by atoms with van der Waals surface area (Å²) in [5.74, 6) is 0.154. The molecular weight excluding hydrogens is 348 g/mol. The number of carbonyl (C=O) groups excluding carboxylic acids is 2. The molecule has 2 amide bonds. The number of pyridine rings is 1. The van der Waals surface area contributed by atoms with Crippen LogP contribution in [0.15, 0.2) is 24.5 Å². The van der Waals surface area contributed by atoms with Crippen LogP contribution in [0.4, 0.5) is 23.1 Å². The van der Waals surface area contributed by atoms with E-state index in [0.717, 1.165) is 18.9 Å². The van der Waals surface area contributed by atoms with Crippen molar-refractivity contribution in [3.8, 4) is 0 Å². The molecule has 1 aliphatic heterocycles. The molecule has 0 aromatic carbocycles. The Morgan fingerprint density at radius 3 is 2.52 bits per heavy atom. The number of aromatic nitrogens is 3. The van der Waals surface area contributed by atoms with Crippen LogP contribution < -0.4 is 27.0 Å². The number of nitrogens with one attached hydrogen (secondary N) is 2. The summed E-state index contributed by atoms with van der Waals surface area (Å²) in [6.07, 6.45) is 4.64. The van der Waals surface area contributed by atoms with E-state index in [0.29, 0.717) is 17.9 Å². The minimum atomic E-state index is -0.719. The standard InChI is InChI=1S/C17H22N8O2/c1-2-11(15(18)26)23-12-9-21-14(16(19)27)17(24-12)22-10-4-5-13(20-8-10)25-6-3-7-25/h4-5,8-9,11H,2-3,6-7H2,1H3,(H2,18,26)(H2,19,27)(H2,22,23,24). The molecule has 2 aromatic heterocycles. The van der Waals surface area contributed by atoms with Crippen molar-refractivity contribution in [1.29, 1.82) is 0 Å². The fourth-order valence-corrected chi connectivity index (χ4v) is 2.61. The van der Waals surface area contributed by atoms with E-state index in [1.165, 1.54) is 12.6 Å². The van der Waals surface area contributed by atoms with Gasteiger partial charge in [0.1, 0.15) is 17.7 Å². The molecule has 6 N–H and O–H groups in total. The molecule has 10 heteroatoms. The van der Waals surface area contributed by atoms with Gasteiger partial charge in [-0.1, -0.05) is 6.92 Å². The van der Waals surface area contributed by atoms with Crippen LogP contribution in [0.3, 0.4) is 0 Å². The quantitative estimate of drug-likeness (QED) is 0.527. The molecule has 142 valence electrons. The Morgan fingerprint density at radius 2 is 2.00 bits per heavy atom. The van der Waals surface area contributed by atoms with Crippen LogP contribution in [-0.2, 0) is 4.79 Å². The monoisotopic (exact) mass is 370 g/mol. The van der Waals surface area contributed by atoms with Gasteiger partial charge >= 0.3 is 0 Å². The summed E-state index contributed by atoms with van der Waals surface area (Å²) in [4.78, 5) is 38.0. The molecule has 1 atom stereocenters. The summed E-state index contributed by atoms with van der Waals surface area (Å²) >= 11 is 0. The second kappa shape index (κ2) is 7.85. The van der Waals surface area contributed by atoms with E-state index in [1.807, 2.05) is 19.1 Å². The molecule has 1 aliphatic rings. The van der Waals surface area contributed by atoms with Crippen molar-refractivity contribution >= 4 is 35.0 Å². The van der Waals surface area contributed by atoms with Crippen LogP contribution in [0.2, 0.25) is 0 Å². The first kappa shape index (κ1) is 18.4. The Morgan fingerprint density at radius 1 is 1.22 bits per heavy atom. The highest BCUT2D eigenvalue weighted by atomic mass is 16.1. The van der Waals surface area contributed by atoms with Crippen molar-refractivity contribution in [1.82, 2.24) is 15.0 Å². The minimum absolute atomic E-state index is 0.0144. The van der Waals surface area contributed by atoms with E-state index in [9.17, 15) is 9.59 Å². The van der Waals surface area contributed by atoms with Gasteiger partial charge in [0.05, 0.1) is 18.1 Å². The fraction of sp³-hybridized carbons (Fsp3) is 0.353. The summed E-state index contributed by atoms with van der Waals surface area (Å²) in [6.45, 7) is 3.82. The average Bonchev–Trinajstić information content (AvgIpc) is 2.59. The minimum Gasteiger partial charge on any atom is -0.368 e. The number of hydrogen-bond acceptors (Lipinski definition) is 8. The number of nitrogens with two attached hydrogens (primary N) is 2. The van der Waals surface area contributed by atoms with Crippen molar-refractivity contribution in [2.45, 2.75) is 25.8 Å². The molecule has 0 bridgehead atoms. The van der Waals surface area contributed by atoms with Gasteiger partial charge in [-0.15, -0.1) is 0 Å². The third kappa shape index (κ3) is 4.22. The van der Waals surface area contributed by atoms with Gasteiger partial charge in [0.2, 0.25) is 5.91 Å². The van der Waals surface area contributed by atoms with Gasteiger partial charge < -0.3 is 27.0 Å². The number of nitrogens with zero attached hydrogens (tertiary/aromatic N) is 4. The maximum atomic E-state index is 11.7. The van der Waals surface area contributed by atoms with Gasteiger partial charge in [-0.05, 0) is 25.0 Å². The Labute approximate surface area is 156 Å². The van der Waals surface area contributed by atoms with Crippen LogP contribution in [0, 0.1) is 0 Å². The zero-order valence-corrected chi connectivity index (χ0v) is 15.0. The molecule has 3 heterocycles. The molecule has 27 heavy (non-hydrogen) atoms. The van der Waals surface area contributed by atoms with Crippen LogP contribution in [0.25, 0.3) is 0 Å². The first-order chi connectivity index (χ1) is 13.0. The third-order valence-electron chi connectivity index (χ3n) is 4.27. The number of amides is 2. The van der Waals surface area contributed by atoms with Crippen molar-refractivity contribution in [3.05, 3.63) is 30.2 Å². The van der Waals surface area contributed by atoms with Gasteiger partial charge in [-0.25, -0.2) is 15.0 Å². The number of primary amides is 2. The zero-order chi connectivity index (χ0) is 19.4. The summed E-state index contributed by atoms with van der Waals surface area (Å²) in [5.41, 5.74) is 11.3. The van der Waals surface area contributed by atoms with E-state index in [2.05, 4.69) is 30.5 Å². The molecule has 1 saturated heterocycles. The first-order valence-electron chi connectivity index (χ1n) is 8.68. The molecule has 1 unspecified atom stereocenters. The lowest BCUT2D eigenvalue weighted by Crippen LogP contribution is -2.37. The van der Waals surface area contributed by atoms with Crippen LogP contribution in [0.1, 0.15) is 30.3 Å². The highest BCUT2D eigenvalue weighted by molar-refractivity contribution is 5.96. The lowest BCUT2D eigenvalue weighted by Gasteiger charge is -2.31. The van der Waals surface area contributed by atoms with Crippen molar-refractivity contribution in [2.75, 3.05) is 28.6 Å². The third-order valence-corrected chi connectivity index (χ3v) is 4.27. The number of carbonyl (C=O) groups is 2. The molecule has 0 spiro atoms. The normalized spacial score (nSPS) is 14.2. The SMILES string of the molecule is CCC(Nc1cnc(C(N)=O)c(Nc2ccc(N3CCC3)nc2)n1)C(N)=O. The molecule has 0 saturated carbocycles. The van der Waals surface area contributed by atoms with Crippen LogP contribution in [0.5, 0.6) is 0 Å². The average molecular weight is 370 g/mol. The first-order valence-corrected chi connectivity index (χ1v) is 8.68.